The lowest BCUT2D eigenvalue weighted by atomic mass is 10.0. The molecular weight excluding hydrogens is 476 g/mol. The predicted molar refractivity (Wildman–Crippen MR) is 148 cm³/mol. The quantitative estimate of drug-likeness (QED) is 0.387. The van der Waals surface area contributed by atoms with Gasteiger partial charge in [0.05, 0.1) is 29.6 Å². The fraction of sp³-hybridized carbons (Fsp3) is 0.310. The summed E-state index contributed by atoms with van der Waals surface area (Å²) in [6, 6.07) is 14.4. The first kappa shape index (κ1) is 24.1. The van der Waals surface area contributed by atoms with Crippen LogP contribution in [0.15, 0.2) is 55.0 Å². The average Bonchev–Trinajstić information content (AvgIpc) is 3.56. The van der Waals surface area contributed by atoms with Crippen molar-refractivity contribution in [2.24, 2.45) is 7.05 Å². The van der Waals surface area contributed by atoms with Crippen LogP contribution in [0.25, 0.3) is 39.2 Å². The van der Waals surface area contributed by atoms with Gasteiger partial charge in [-0.25, -0.2) is 15.0 Å². The van der Waals surface area contributed by atoms with Gasteiger partial charge in [-0.15, -0.1) is 0 Å². The third-order valence-corrected chi connectivity index (χ3v) is 7.71. The highest BCUT2D eigenvalue weighted by molar-refractivity contribution is 5.88. The van der Waals surface area contributed by atoms with Crippen LogP contribution in [0.5, 0.6) is 0 Å². The van der Waals surface area contributed by atoms with Gasteiger partial charge in [0.15, 0.2) is 11.5 Å². The Kier molecular flexibility index (Phi) is 6.06. The van der Waals surface area contributed by atoms with Crippen molar-refractivity contribution in [1.29, 1.82) is 5.26 Å². The highest BCUT2D eigenvalue weighted by atomic mass is 16.3. The molecule has 0 amide bonds. The molecule has 0 radical (unpaired) electrons. The first-order chi connectivity index (χ1) is 18.5. The van der Waals surface area contributed by atoms with E-state index < -0.39 is 0 Å². The number of aliphatic hydroxyl groups is 1. The maximum atomic E-state index is 9.75. The summed E-state index contributed by atoms with van der Waals surface area (Å²) in [6.07, 6.45) is 7.78. The minimum atomic E-state index is -0.0504. The Morgan fingerprint density at radius 3 is 2.50 bits per heavy atom. The maximum absolute atomic E-state index is 9.75. The van der Waals surface area contributed by atoms with E-state index in [-0.39, 0.29) is 6.61 Å². The highest BCUT2D eigenvalue weighted by Crippen LogP contribution is 2.36. The molecule has 1 aromatic carbocycles. The second kappa shape index (κ2) is 9.56. The van der Waals surface area contributed by atoms with Gasteiger partial charge in [-0.3, -0.25) is 4.40 Å². The first-order valence-electron chi connectivity index (χ1n) is 12.8. The number of piperidine rings is 1. The molecule has 9 heteroatoms. The van der Waals surface area contributed by atoms with Crippen molar-refractivity contribution in [3.63, 3.8) is 0 Å². The lowest BCUT2D eigenvalue weighted by Crippen LogP contribution is -2.42. The lowest BCUT2D eigenvalue weighted by molar-refractivity contribution is 0.249. The Morgan fingerprint density at radius 1 is 1.05 bits per heavy atom. The van der Waals surface area contributed by atoms with Gasteiger partial charge in [-0.1, -0.05) is 12.1 Å². The first-order valence-corrected chi connectivity index (χ1v) is 12.8. The monoisotopic (exact) mass is 506 g/mol. The van der Waals surface area contributed by atoms with Crippen LogP contribution in [0.1, 0.15) is 24.1 Å². The molecule has 9 nitrogen and oxygen atoms in total. The minimum Gasteiger partial charge on any atom is -0.390 e. The number of fused-ring (bicyclic) bond motifs is 2. The van der Waals surface area contributed by atoms with Crippen LogP contribution in [0.4, 0.5) is 5.82 Å². The summed E-state index contributed by atoms with van der Waals surface area (Å²) in [5, 5.41) is 20.1. The van der Waals surface area contributed by atoms with E-state index in [0.717, 1.165) is 76.6 Å². The smallest absolute Gasteiger partial charge is 0.180 e. The maximum Gasteiger partial charge on any atom is 0.180 e. The Balaban J connectivity index is 1.55. The largest absolute Gasteiger partial charge is 0.390 e. The molecule has 1 fully saturated rings. The molecule has 0 atom stereocenters. The number of anilines is 1. The SMILES string of the molecule is CN(C)C1CCN(c2nc(-c3ccc(C#N)cc3)c(-c3cnc4c(c3)cc(CO)n4C)n3ccnc23)CC1. The molecule has 192 valence electrons. The summed E-state index contributed by atoms with van der Waals surface area (Å²) in [5.41, 5.74) is 6.55. The minimum absolute atomic E-state index is 0.0504. The molecule has 1 N–H and O–H groups in total. The Bertz CT molecular complexity index is 1670. The zero-order valence-corrected chi connectivity index (χ0v) is 21.8. The summed E-state index contributed by atoms with van der Waals surface area (Å²) in [5.74, 6) is 0.867. The van der Waals surface area contributed by atoms with Crippen molar-refractivity contribution in [3.05, 3.63) is 66.2 Å². The average molecular weight is 507 g/mol. The van der Waals surface area contributed by atoms with Crippen LogP contribution in [0, 0.1) is 11.3 Å². The van der Waals surface area contributed by atoms with Crippen LogP contribution in [-0.2, 0) is 13.7 Å². The van der Waals surface area contributed by atoms with Crippen molar-refractivity contribution in [1.82, 2.24) is 28.8 Å². The Hall–Kier alpha value is -4.26. The van der Waals surface area contributed by atoms with Crippen LogP contribution in [-0.4, -0.2) is 67.2 Å². The zero-order valence-electron chi connectivity index (χ0n) is 21.8. The number of aliphatic hydroxyl groups excluding tert-OH is 1. The molecule has 0 unspecified atom stereocenters. The van der Waals surface area contributed by atoms with E-state index >= 15 is 0 Å². The molecule has 0 spiro atoms. The van der Waals surface area contributed by atoms with Gasteiger partial charge in [0.25, 0.3) is 0 Å². The second-order valence-corrected chi connectivity index (χ2v) is 10.1. The van der Waals surface area contributed by atoms with Crippen molar-refractivity contribution >= 4 is 22.5 Å². The number of aryl methyl sites for hydroxylation is 1. The van der Waals surface area contributed by atoms with E-state index in [2.05, 4.69) is 40.4 Å². The van der Waals surface area contributed by atoms with Gasteiger partial charge in [0.1, 0.15) is 5.65 Å². The number of benzene rings is 1. The number of imidazole rings is 1. The normalized spacial score (nSPS) is 14.6. The number of hydrogen-bond acceptors (Lipinski definition) is 7. The van der Waals surface area contributed by atoms with E-state index in [4.69, 9.17) is 15.0 Å². The molecule has 0 saturated carbocycles. The molecule has 38 heavy (non-hydrogen) atoms. The molecule has 1 aliphatic heterocycles. The van der Waals surface area contributed by atoms with Gasteiger partial charge in [-0.05, 0) is 51.2 Å². The number of rotatable bonds is 5. The van der Waals surface area contributed by atoms with Crippen LogP contribution in [0.2, 0.25) is 0 Å². The van der Waals surface area contributed by atoms with Gasteiger partial charge in [-0.2, -0.15) is 5.26 Å². The summed E-state index contributed by atoms with van der Waals surface area (Å²) in [7, 11) is 6.20. The molecule has 1 saturated heterocycles. The molecule has 1 aliphatic rings. The van der Waals surface area contributed by atoms with Crippen molar-refractivity contribution < 1.29 is 5.11 Å². The van der Waals surface area contributed by atoms with Gasteiger partial charge in [0, 0.05) is 67.0 Å². The fourth-order valence-corrected chi connectivity index (χ4v) is 5.51. The van der Waals surface area contributed by atoms with E-state index in [1.807, 2.05) is 60.5 Å². The van der Waals surface area contributed by atoms with Crippen molar-refractivity contribution in [2.75, 3.05) is 32.1 Å². The number of nitriles is 1. The summed E-state index contributed by atoms with van der Waals surface area (Å²) in [6.45, 7) is 1.77. The molecular formula is C29H30N8O. The van der Waals surface area contributed by atoms with Gasteiger partial charge < -0.3 is 19.5 Å². The molecule has 0 bridgehead atoms. The fourth-order valence-electron chi connectivity index (χ4n) is 5.51. The predicted octanol–water partition coefficient (Wildman–Crippen LogP) is 3.84. The third-order valence-electron chi connectivity index (χ3n) is 7.71. The summed E-state index contributed by atoms with van der Waals surface area (Å²) >= 11 is 0. The van der Waals surface area contributed by atoms with E-state index in [9.17, 15) is 10.4 Å². The summed E-state index contributed by atoms with van der Waals surface area (Å²) < 4.78 is 4.01. The van der Waals surface area contributed by atoms with Gasteiger partial charge in [0.2, 0.25) is 0 Å². The van der Waals surface area contributed by atoms with Gasteiger partial charge >= 0.3 is 0 Å². The van der Waals surface area contributed by atoms with Crippen molar-refractivity contribution in [3.8, 4) is 28.6 Å². The molecule has 5 aromatic rings. The highest BCUT2D eigenvalue weighted by Gasteiger charge is 2.26. The number of nitrogens with zero attached hydrogens (tertiary/aromatic N) is 8. The Morgan fingerprint density at radius 2 is 1.82 bits per heavy atom. The van der Waals surface area contributed by atoms with Crippen molar-refractivity contribution in [2.45, 2.75) is 25.5 Å². The number of hydrogen-bond donors (Lipinski definition) is 1. The molecule has 4 aromatic heterocycles. The molecule has 5 heterocycles. The zero-order chi connectivity index (χ0) is 26.4. The lowest BCUT2D eigenvalue weighted by Gasteiger charge is -2.36. The van der Waals surface area contributed by atoms with E-state index in [0.29, 0.717) is 11.6 Å². The number of pyridine rings is 1. The Labute approximate surface area is 221 Å². The van der Waals surface area contributed by atoms with E-state index in [1.165, 1.54) is 0 Å². The molecule has 6 rings (SSSR count). The molecule has 0 aliphatic carbocycles. The topological polar surface area (TPSA) is 98.5 Å². The van der Waals surface area contributed by atoms with Crippen LogP contribution < -0.4 is 4.90 Å². The number of aromatic nitrogens is 5. The van der Waals surface area contributed by atoms with Crippen LogP contribution >= 0.6 is 0 Å². The second-order valence-electron chi connectivity index (χ2n) is 10.1. The third kappa shape index (κ3) is 3.99. The standard InChI is InChI=1S/C29H30N8O/c1-34(2)23-8-11-36(12-9-23)29-28-31-10-13-37(28)26(25(33-29)20-6-4-19(16-30)5-7-20)22-14-21-15-24(18-38)35(3)27(21)32-17-22/h4-7,10,13-15,17,23,38H,8-9,11-12,18H2,1-3H3. The summed E-state index contributed by atoms with van der Waals surface area (Å²) in [4.78, 5) is 19.4. The van der Waals surface area contributed by atoms with Crippen LogP contribution in [0.3, 0.4) is 0 Å². The van der Waals surface area contributed by atoms with E-state index in [1.54, 1.807) is 0 Å².